The van der Waals surface area contributed by atoms with E-state index in [0.717, 1.165) is 30.0 Å². The Bertz CT molecular complexity index is 897. The number of nitrogens with zero attached hydrogens (tertiary/aromatic N) is 1. The van der Waals surface area contributed by atoms with Gasteiger partial charge in [0.25, 0.3) is 5.91 Å². The Labute approximate surface area is 165 Å². The zero-order valence-corrected chi connectivity index (χ0v) is 15.9. The molecule has 1 atom stereocenters. The molecular formula is C24H23NO3. The van der Waals surface area contributed by atoms with Crippen molar-refractivity contribution in [2.75, 3.05) is 18.1 Å². The molecule has 0 saturated carbocycles. The van der Waals surface area contributed by atoms with Gasteiger partial charge in [-0.25, -0.2) is 0 Å². The fraction of sp³-hybridized carbons (Fsp3) is 0.208. The van der Waals surface area contributed by atoms with Crippen LogP contribution in [0.2, 0.25) is 0 Å². The lowest BCUT2D eigenvalue weighted by Gasteiger charge is -2.24. The fourth-order valence-corrected chi connectivity index (χ4v) is 3.09. The Balaban J connectivity index is 1.74. The maximum atomic E-state index is 13.6. The molecule has 1 heterocycles. The number of benzene rings is 3. The quantitative estimate of drug-likeness (QED) is 0.547. The van der Waals surface area contributed by atoms with Gasteiger partial charge in [-0.15, -0.1) is 0 Å². The molecule has 0 N–H and O–H groups in total. The number of carbonyl (C=O) groups is 1. The lowest BCUT2D eigenvalue weighted by molar-refractivity contribution is 0.0994. The van der Waals surface area contributed by atoms with E-state index in [2.05, 4.69) is 6.92 Å². The normalized spacial score (nSPS) is 15.1. The molecule has 0 radical (unpaired) electrons. The predicted octanol–water partition coefficient (Wildman–Crippen LogP) is 5.01. The van der Waals surface area contributed by atoms with Crippen LogP contribution >= 0.6 is 0 Å². The molecule has 3 aromatic rings. The highest BCUT2D eigenvalue weighted by Gasteiger charge is 2.26. The third-order valence-corrected chi connectivity index (χ3v) is 4.74. The molecule has 4 heteroatoms. The van der Waals surface area contributed by atoms with Gasteiger partial charge >= 0.3 is 0 Å². The Hall–Kier alpha value is -3.11. The molecular weight excluding hydrogens is 350 g/mol. The first kappa shape index (κ1) is 18.3. The van der Waals surface area contributed by atoms with Crippen molar-refractivity contribution in [2.45, 2.75) is 19.4 Å². The number of carbonyl (C=O) groups excluding carboxylic acids is 1. The second kappa shape index (κ2) is 8.28. The average Bonchev–Trinajstić information content (AvgIpc) is 3.58. The molecule has 1 aliphatic heterocycles. The van der Waals surface area contributed by atoms with Crippen LogP contribution in [0, 0.1) is 0 Å². The summed E-state index contributed by atoms with van der Waals surface area (Å²) in [5.74, 6) is 0.489. The van der Waals surface area contributed by atoms with Gasteiger partial charge in [-0.3, -0.25) is 9.69 Å². The highest BCUT2D eigenvalue weighted by atomic mass is 16.6. The first-order valence-corrected chi connectivity index (χ1v) is 9.58. The maximum Gasteiger partial charge on any atom is 0.266 e. The van der Waals surface area contributed by atoms with Crippen LogP contribution in [0.5, 0.6) is 5.75 Å². The molecule has 0 spiro atoms. The van der Waals surface area contributed by atoms with E-state index in [1.54, 1.807) is 4.90 Å². The molecule has 4 rings (SSSR count). The van der Waals surface area contributed by atoms with Gasteiger partial charge in [0, 0.05) is 11.4 Å². The number of aryl methyl sites for hydroxylation is 1. The molecule has 142 valence electrons. The molecule has 1 saturated heterocycles. The summed E-state index contributed by atoms with van der Waals surface area (Å²) in [4.78, 5) is 15.4. The molecule has 0 aliphatic carbocycles. The second-order valence-corrected chi connectivity index (χ2v) is 6.76. The smallest absolute Gasteiger partial charge is 0.266 e. The third kappa shape index (κ3) is 4.07. The van der Waals surface area contributed by atoms with E-state index in [4.69, 9.17) is 9.47 Å². The van der Waals surface area contributed by atoms with Crippen molar-refractivity contribution in [1.29, 1.82) is 0 Å². The number of amides is 1. The van der Waals surface area contributed by atoms with Crippen LogP contribution in [0.15, 0.2) is 78.9 Å². The summed E-state index contributed by atoms with van der Waals surface area (Å²) in [6.45, 7) is 3.27. The molecule has 1 aliphatic rings. The zero-order valence-electron chi connectivity index (χ0n) is 15.9. The van der Waals surface area contributed by atoms with E-state index in [-0.39, 0.29) is 12.0 Å². The molecule has 28 heavy (non-hydrogen) atoms. The van der Waals surface area contributed by atoms with E-state index in [0.29, 0.717) is 17.9 Å². The van der Waals surface area contributed by atoms with Crippen LogP contribution in [0.1, 0.15) is 22.8 Å². The van der Waals surface area contributed by atoms with Gasteiger partial charge in [0.2, 0.25) is 0 Å². The zero-order chi connectivity index (χ0) is 19.3. The highest BCUT2D eigenvalue weighted by Crippen LogP contribution is 2.31. The second-order valence-electron chi connectivity index (χ2n) is 6.76. The van der Waals surface area contributed by atoms with Crippen molar-refractivity contribution in [1.82, 2.24) is 0 Å². The van der Waals surface area contributed by atoms with Crippen LogP contribution in [0.3, 0.4) is 0 Å². The van der Waals surface area contributed by atoms with Crippen LogP contribution < -0.4 is 9.64 Å². The van der Waals surface area contributed by atoms with Gasteiger partial charge < -0.3 is 9.47 Å². The van der Waals surface area contributed by atoms with Crippen molar-refractivity contribution in [3.05, 3.63) is 90.0 Å². The third-order valence-electron chi connectivity index (χ3n) is 4.74. The summed E-state index contributed by atoms with van der Waals surface area (Å²) in [5, 5.41) is 0. The van der Waals surface area contributed by atoms with E-state index < -0.39 is 0 Å². The lowest BCUT2D eigenvalue weighted by atomic mass is 10.1. The van der Waals surface area contributed by atoms with Crippen LogP contribution in [-0.4, -0.2) is 25.2 Å². The monoisotopic (exact) mass is 373 g/mol. The number of ether oxygens (including phenoxy) is 2. The molecule has 1 amide bonds. The topological polar surface area (TPSA) is 42.1 Å². The minimum Gasteiger partial charge on any atom is -0.490 e. The summed E-state index contributed by atoms with van der Waals surface area (Å²) in [7, 11) is 0. The minimum atomic E-state index is -0.119. The van der Waals surface area contributed by atoms with Gasteiger partial charge in [0.1, 0.15) is 18.5 Å². The first-order valence-electron chi connectivity index (χ1n) is 9.58. The highest BCUT2D eigenvalue weighted by molar-refractivity contribution is 6.12. The van der Waals surface area contributed by atoms with E-state index in [1.165, 1.54) is 0 Å². The van der Waals surface area contributed by atoms with Crippen molar-refractivity contribution < 1.29 is 14.3 Å². The van der Waals surface area contributed by atoms with E-state index in [1.807, 2.05) is 78.9 Å². The fourth-order valence-electron chi connectivity index (χ4n) is 3.09. The minimum absolute atomic E-state index is 0.119. The first-order chi connectivity index (χ1) is 13.8. The SMILES string of the molecule is CCc1ccc(C(=O)N(c2ccccc2)c2ccccc2)c(OCC2CO2)c1. The molecule has 1 unspecified atom stereocenters. The predicted molar refractivity (Wildman–Crippen MR) is 110 cm³/mol. The maximum absolute atomic E-state index is 13.6. The Morgan fingerprint density at radius 3 is 2.14 bits per heavy atom. The number of para-hydroxylation sites is 2. The van der Waals surface area contributed by atoms with Gasteiger partial charge in [-0.2, -0.15) is 0 Å². The number of rotatable bonds is 7. The number of epoxide rings is 1. The molecule has 0 bridgehead atoms. The molecule has 3 aromatic carbocycles. The number of hydrogen-bond donors (Lipinski definition) is 0. The van der Waals surface area contributed by atoms with Crippen molar-refractivity contribution >= 4 is 17.3 Å². The van der Waals surface area contributed by atoms with Gasteiger partial charge in [-0.05, 0) is 48.4 Å². The Kier molecular flexibility index (Phi) is 5.40. The van der Waals surface area contributed by atoms with Gasteiger partial charge in [0.15, 0.2) is 0 Å². The van der Waals surface area contributed by atoms with Crippen LogP contribution in [-0.2, 0) is 11.2 Å². The largest absolute Gasteiger partial charge is 0.490 e. The standard InChI is InChI=1S/C24H23NO3/c1-2-18-13-14-22(23(15-18)28-17-21-16-27-21)24(26)25(19-9-5-3-6-10-19)20-11-7-4-8-12-20/h3-15,21H,2,16-17H2,1H3. The summed E-state index contributed by atoms with van der Waals surface area (Å²) in [5.41, 5.74) is 3.31. The summed E-state index contributed by atoms with van der Waals surface area (Å²) in [6.07, 6.45) is 1.01. The average molecular weight is 373 g/mol. The lowest BCUT2D eigenvalue weighted by Crippen LogP contribution is -2.26. The molecule has 4 nitrogen and oxygen atoms in total. The van der Waals surface area contributed by atoms with Gasteiger partial charge in [-0.1, -0.05) is 49.4 Å². The van der Waals surface area contributed by atoms with Crippen LogP contribution in [0.4, 0.5) is 11.4 Å². The summed E-state index contributed by atoms with van der Waals surface area (Å²) >= 11 is 0. The Morgan fingerprint density at radius 1 is 1.00 bits per heavy atom. The molecule has 0 aromatic heterocycles. The summed E-state index contributed by atoms with van der Waals surface area (Å²) < 4.78 is 11.2. The molecule has 1 fully saturated rings. The Morgan fingerprint density at radius 2 is 1.61 bits per heavy atom. The summed E-state index contributed by atoms with van der Waals surface area (Å²) in [6, 6.07) is 25.2. The van der Waals surface area contributed by atoms with Gasteiger partial charge in [0.05, 0.1) is 12.2 Å². The van der Waals surface area contributed by atoms with E-state index in [9.17, 15) is 4.79 Å². The van der Waals surface area contributed by atoms with Crippen molar-refractivity contribution in [3.8, 4) is 5.75 Å². The number of hydrogen-bond acceptors (Lipinski definition) is 3. The van der Waals surface area contributed by atoms with E-state index >= 15 is 0 Å². The number of anilines is 2. The van der Waals surface area contributed by atoms with Crippen molar-refractivity contribution in [2.24, 2.45) is 0 Å². The van der Waals surface area contributed by atoms with Crippen molar-refractivity contribution in [3.63, 3.8) is 0 Å². The van der Waals surface area contributed by atoms with Crippen LogP contribution in [0.25, 0.3) is 0 Å².